The molecule has 0 amide bonds. The Balaban J connectivity index is 2.29. The molecule has 0 fully saturated rings. The molecule has 0 bridgehead atoms. The van der Waals surface area contributed by atoms with Gasteiger partial charge in [-0.1, -0.05) is 12.1 Å². The fourth-order valence-electron chi connectivity index (χ4n) is 1.19. The first-order valence-electron chi connectivity index (χ1n) is 4.07. The lowest BCUT2D eigenvalue weighted by Gasteiger charge is -2.08. The number of nitrogens with zero attached hydrogens (tertiary/aromatic N) is 1. The van der Waals surface area contributed by atoms with Crippen molar-refractivity contribution in [3.8, 4) is 0 Å². The van der Waals surface area contributed by atoms with Crippen LogP contribution < -0.4 is 5.73 Å². The van der Waals surface area contributed by atoms with Crippen molar-refractivity contribution in [2.24, 2.45) is 5.73 Å². The molecule has 2 heterocycles. The van der Waals surface area contributed by atoms with Crippen LogP contribution in [-0.4, -0.2) is 4.98 Å². The van der Waals surface area contributed by atoms with Crippen molar-refractivity contribution < 1.29 is 0 Å². The van der Waals surface area contributed by atoms with Crippen LogP contribution in [-0.2, 0) is 0 Å². The Labute approximate surface area is 81.1 Å². The van der Waals surface area contributed by atoms with Gasteiger partial charge in [-0.3, -0.25) is 4.98 Å². The number of pyridine rings is 1. The molecule has 0 aromatic carbocycles. The Morgan fingerprint density at radius 1 is 1.31 bits per heavy atom. The normalized spacial score (nSPS) is 12.7. The minimum atomic E-state index is -0.0336. The lowest BCUT2D eigenvalue weighted by molar-refractivity contribution is 0.884. The van der Waals surface area contributed by atoms with Gasteiger partial charge in [0.25, 0.3) is 0 Å². The van der Waals surface area contributed by atoms with Crippen molar-refractivity contribution >= 4 is 11.3 Å². The minimum absolute atomic E-state index is 0.0336. The van der Waals surface area contributed by atoms with Crippen molar-refractivity contribution in [1.82, 2.24) is 4.98 Å². The molecule has 3 heteroatoms. The van der Waals surface area contributed by atoms with Crippen LogP contribution in [0, 0.1) is 0 Å². The van der Waals surface area contributed by atoms with Crippen LogP contribution >= 0.6 is 11.3 Å². The van der Waals surface area contributed by atoms with E-state index in [0.717, 1.165) is 5.56 Å². The van der Waals surface area contributed by atoms with Crippen molar-refractivity contribution in [1.29, 1.82) is 0 Å². The maximum atomic E-state index is 6.03. The fourth-order valence-corrected chi connectivity index (χ4v) is 1.95. The number of rotatable bonds is 2. The van der Waals surface area contributed by atoms with Crippen LogP contribution in [0.25, 0.3) is 0 Å². The topological polar surface area (TPSA) is 38.9 Å². The summed E-state index contributed by atoms with van der Waals surface area (Å²) in [6.07, 6.45) is 3.56. The Hall–Kier alpha value is -1.19. The van der Waals surface area contributed by atoms with E-state index in [1.807, 2.05) is 35.8 Å². The summed E-state index contributed by atoms with van der Waals surface area (Å²) in [7, 11) is 0. The molecule has 0 saturated carbocycles. The molecule has 2 aromatic heterocycles. The van der Waals surface area contributed by atoms with Gasteiger partial charge in [0.15, 0.2) is 0 Å². The molecule has 0 aliphatic carbocycles. The molecule has 2 rings (SSSR count). The van der Waals surface area contributed by atoms with E-state index in [1.54, 1.807) is 17.5 Å². The molecule has 0 unspecified atom stereocenters. The molecule has 0 aliphatic rings. The number of hydrogen-bond donors (Lipinski definition) is 1. The molecule has 0 spiro atoms. The molecule has 2 aromatic rings. The first kappa shape index (κ1) is 8.41. The third-order valence-electron chi connectivity index (χ3n) is 1.89. The first-order chi connectivity index (χ1) is 6.38. The summed E-state index contributed by atoms with van der Waals surface area (Å²) in [5.74, 6) is 0. The van der Waals surface area contributed by atoms with Crippen LogP contribution in [0.4, 0.5) is 0 Å². The molecule has 2 N–H and O–H groups in total. The Morgan fingerprint density at radius 3 is 2.85 bits per heavy atom. The quantitative estimate of drug-likeness (QED) is 0.788. The summed E-state index contributed by atoms with van der Waals surface area (Å²) < 4.78 is 0. The third kappa shape index (κ3) is 1.76. The van der Waals surface area contributed by atoms with Crippen LogP contribution in [0.2, 0.25) is 0 Å². The SMILES string of the molecule is N[C@@H](c1cccnc1)c1cccs1. The van der Waals surface area contributed by atoms with Gasteiger partial charge in [0, 0.05) is 17.3 Å². The summed E-state index contributed by atoms with van der Waals surface area (Å²) in [6.45, 7) is 0. The molecule has 0 aliphatic heterocycles. The Kier molecular flexibility index (Phi) is 2.38. The zero-order valence-electron chi connectivity index (χ0n) is 7.05. The molecule has 0 saturated heterocycles. The van der Waals surface area contributed by atoms with Crippen LogP contribution in [0.1, 0.15) is 16.5 Å². The van der Waals surface area contributed by atoms with E-state index >= 15 is 0 Å². The third-order valence-corrected chi connectivity index (χ3v) is 2.85. The number of thiophene rings is 1. The highest BCUT2D eigenvalue weighted by Gasteiger charge is 2.08. The first-order valence-corrected chi connectivity index (χ1v) is 4.95. The minimum Gasteiger partial charge on any atom is -0.320 e. The molecule has 1 atom stereocenters. The Morgan fingerprint density at radius 2 is 2.23 bits per heavy atom. The van der Waals surface area contributed by atoms with Gasteiger partial charge < -0.3 is 5.73 Å². The average molecular weight is 190 g/mol. The summed E-state index contributed by atoms with van der Waals surface area (Å²) in [5.41, 5.74) is 7.09. The van der Waals surface area contributed by atoms with Gasteiger partial charge in [-0.05, 0) is 23.1 Å². The zero-order valence-corrected chi connectivity index (χ0v) is 7.87. The van der Waals surface area contributed by atoms with E-state index in [4.69, 9.17) is 5.73 Å². The van der Waals surface area contributed by atoms with E-state index < -0.39 is 0 Å². The molecular formula is C10H10N2S. The standard InChI is InChI=1S/C10H10N2S/c11-10(9-4-2-6-13-9)8-3-1-5-12-7-8/h1-7,10H,11H2/t10-/m0/s1. The number of nitrogens with two attached hydrogens (primary N) is 1. The number of aromatic nitrogens is 1. The summed E-state index contributed by atoms with van der Waals surface area (Å²) in [4.78, 5) is 5.21. The molecule has 13 heavy (non-hydrogen) atoms. The van der Waals surface area contributed by atoms with Crippen LogP contribution in [0.5, 0.6) is 0 Å². The predicted octanol–water partition coefficient (Wildman–Crippen LogP) is 2.19. The van der Waals surface area contributed by atoms with E-state index in [0.29, 0.717) is 0 Å². The molecule has 66 valence electrons. The summed E-state index contributed by atoms with van der Waals surface area (Å²) in [6, 6.07) is 7.92. The average Bonchev–Trinajstić information content (AvgIpc) is 2.71. The van der Waals surface area contributed by atoms with Gasteiger partial charge in [-0.15, -0.1) is 11.3 Å². The van der Waals surface area contributed by atoms with E-state index in [9.17, 15) is 0 Å². The lowest BCUT2D eigenvalue weighted by Crippen LogP contribution is -2.09. The van der Waals surface area contributed by atoms with Gasteiger partial charge in [0.2, 0.25) is 0 Å². The van der Waals surface area contributed by atoms with Gasteiger partial charge in [-0.25, -0.2) is 0 Å². The highest BCUT2D eigenvalue weighted by molar-refractivity contribution is 7.10. The second-order valence-corrected chi connectivity index (χ2v) is 3.76. The van der Waals surface area contributed by atoms with E-state index in [-0.39, 0.29) is 6.04 Å². The van der Waals surface area contributed by atoms with Crippen LogP contribution in [0.15, 0.2) is 42.0 Å². The van der Waals surface area contributed by atoms with Gasteiger partial charge in [0.1, 0.15) is 0 Å². The maximum Gasteiger partial charge on any atom is 0.0661 e. The van der Waals surface area contributed by atoms with Gasteiger partial charge in [0.05, 0.1) is 6.04 Å². The zero-order chi connectivity index (χ0) is 9.10. The van der Waals surface area contributed by atoms with Gasteiger partial charge in [-0.2, -0.15) is 0 Å². The smallest absolute Gasteiger partial charge is 0.0661 e. The van der Waals surface area contributed by atoms with Gasteiger partial charge >= 0.3 is 0 Å². The second-order valence-electron chi connectivity index (χ2n) is 2.78. The summed E-state index contributed by atoms with van der Waals surface area (Å²) in [5, 5.41) is 2.03. The predicted molar refractivity (Wildman–Crippen MR) is 54.6 cm³/mol. The fraction of sp³-hybridized carbons (Fsp3) is 0.100. The number of hydrogen-bond acceptors (Lipinski definition) is 3. The summed E-state index contributed by atoms with van der Waals surface area (Å²) >= 11 is 1.67. The largest absolute Gasteiger partial charge is 0.320 e. The second kappa shape index (κ2) is 3.68. The van der Waals surface area contributed by atoms with Crippen LogP contribution in [0.3, 0.4) is 0 Å². The molecular weight excluding hydrogens is 180 g/mol. The monoisotopic (exact) mass is 190 g/mol. The Bertz CT molecular complexity index is 356. The highest BCUT2D eigenvalue weighted by atomic mass is 32.1. The molecule has 0 radical (unpaired) electrons. The maximum absolute atomic E-state index is 6.03. The van der Waals surface area contributed by atoms with Crippen molar-refractivity contribution in [2.45, 2.75) is 6.04 Å². The van der Waals surface area contributed by atoms with Crippen molar-refractivity contribution in [3.05, 3.63) is 52.5 Å². The van der Waals surface area contributed by atoms with E-state index in [2.05, 4.69) is 4.98 Å². The van der Waals surface area contributed by atoms with Crippen molar-refractivity contribution in [3.63, 3.8) is 0 Å². The molecule has 2 nitrogen and oxygen atoms in total. The van der Waals surface area contributed by atoms with Crippen molar-refractivity contribution in [2.75, 3.05) is 0 Å². The lowest BCUT2D eigenvalue weighted by atomic mass is 10.1. The van der Waals surface area contributed by atoms with E-state index in [1.165, 1.54) is 4.88 Å². The highest BCUT2D eigenvalue weighted by Crippen LogP contribution is 2.22.